The minimum absolute atomic E-state index is 0.123. The summed E-state index contributed by atoms with van der Waals surface area (Å²) in [7, 11) is 0. The predicted octanol–water partition coefficient (Wildman–Crippen LogP) is 4.63. The maximum atomic E-state index is 12.6. The van der Waals surface area contributed by atoms with Crippen LogP contribution in [0.25, 0.3) is 0 Å². The number of ether oxygens (including phenoxy) is 5. The van der Waals surface area contributed by atoms with Gasteiger partial charge in [0.05, 0.1) is 26.2 Å². The van der Waals surface area contributed by atoms with Gasteiger partial charge in [0.25, 0.3) is 0 Å². The lowest BCUT2D eigenvalue weighted by molar-refractivity contribution is -0.288. The van der Waals surface area contributed by atoms with E-state index in [0.29, 0.717) is 19.6 Å². The van der Waals surface area contributed by atoms with Gasteiger partial charge >= 0.3 is 30.4 Å². The summed E-state index contributed by atoms with van der Waals surface area (Å²) in [5.74, 6) is -2.10. The number of rotatable bonds is 11. The second kappa shape index (κ2) is 18.8. The zero-order valence-electron chi connectivity index (χ0n) is 18.0. The van der Waals surface area contributed by atoms with E-state index in [-0.39, 0.29) is 19.2 Å². The minimum Gasteiger partial charge on any atom is -0.466 e. The highest BCUT2D eigenvalue weighted by atomic mass is 19.4. The smallest absolute Gasteiger partial charge is 0.458 e. The van der Waals surface area contributed by atoms with Gasteiger partial charge in [-0.15, -0.1) is 0 Å². The van der Waals surface area contributed by atoms with Crippen molar-refractivity contribution in [2.75, 3.05) is 39.8 Å². The van der Waals surface area contributed by atoms with E-state index >= 15 is 0 Å². The van der Waals surface area contributed by atoms with Gasteiger partial charge in [0, 0.05) is 13.0 Å². The van der Waals surface area contributed by atoms with Crippen molar-refractivity contribution in [3.63, 3.8) is 0 Å². The molecular weight excluding hydrogens is 468 g/mol. The maximum absolute atomic E-state index is 12.6. The zero-order chi connectivity index (χ0) is 25.8. The van der Waals surface area contributed by atoms with Gasteiger partial charge in [-0.25, -0.2) is 4.79 Å². The van der Waals surface area contributed by atoms with Crippen LogP contribution in [0.3, 0.4) is 0 Å². The first-order valence-electron chi connectivity index (χ1n) is 9.19. The molecule has 0 aliphatic carbocycles. The molecule has 0 aromatic rings. The molecule has 0 spiro atoms. The first-order chi connectivity index (χ1) is 14.6. The molecule has 0 radical (unpaired) electrons. The quantitative estimate of drug-likeness (QED) is 0.179. The molecule has 0 atom stereocenters. The van der Waals surface area contributed by atoms with Crippen LogP contribution in [-0.4, -0.2) is 70.2 Å². The molecule has 0 saturated carbocycles. The fourth-order valence-electron chi connectivity index (χ4n) is 1.14. The molecule has 0 saturated heterocycles. The topological polar surface area (TPSA) is 80.3 Å². The summed E-state index contributed by atoms with van der Waals surface area (Å²) in [6.45, 7) is 3.72. The van der Waals surface area contributed by atoms with Crippen LogP contribution in [0.5, 0.6) is 0 Å². The van der Waals surface area contributed by atoms with Crippen molar-refractivity contribution in [1.82, 2.24) is 0 Å². The molecule has 0 heterocycles. The Morgan fingerprint density at radius 2 is 1.25 bits per heavy atom. The van der Waals surface area contributed by atoms with Crippen molar-refractivity contribution in [3.8, 4) is 0 Å². The van der Waals surface area contributed by atoms with E-state index < -0.39 is 44.3 Å². The molecule has 0 aliphatic heterocycles. The van der Waals surface area contributed by atoms with Gasteiger partial charge in [0.15, 0.2) is 6.79 Å². The number of carbonyl (C=O) groups is 2. The van der Waals surface area contributed by atoms with E-state index in [9.17, 15) is 44.7 Å². The minimum atomic E-state index is -4.65. The van der Waals surface area contributed by atoms with E-state index in [1.54, 1.807) is 20.8 Å². The lowest BCUT2D eigenvalue weighted by Gasteiger charge is -2.15. The van der Waals surface area contributed by atoms with E-state index in [1.807, 2.05) is 0 Å². The van der Waals surface area contributed by atoms with Crippen LogP contribution in [0, 0.1) is 0 Å². The highest BCUT2D eigenvalue weighted by Crippen LogP contribution is 2.19. The van der Waals surface area contributed by atoms with Crippen LogP contribution in [0.15, 0.2) is 0 Å². The van der Waals surface area contributed by atoms with Gasteiger partial charge in [-0.2, -0.15) is 35.1 Å². The van der Waals surface area contributed by atoms with Gasteiger partial charge in [0.2, 0.25) is 0 Å². The standard InChI is InChI=1S/C7H9F5O4.C5H9F3O.C5H10O2/c1-2-15-5(13)7(11,12)16-4-14-3-6(8,9)10;1-2-9-4-3-5(6,7)8;1-3-5(6)7-4-2/h2-4H2,1H3;2-4H2,1H3;3-4H2,1-2H3. The Bertz CT molecular complexity index is 483. The third-order valence-electron chi connectivity index (χ3n) is 2.43. The molecule has 0 rings (SSSR count). The Kier molecular flexibility index (Phi) is 20.5. The first kappa shape index (κ1) is 34.9. The second-order valence-corrected chi connectivity index (χ2v) is 5.18. The Hall–Kier alpha value is -1.74. The van der Waals surface area contributed by atoms with Crippen LogP contribution < -0.4 is 0 Å². The average Bonchev–Trinajstić information content (AvgIpc) is 2.65. The largest absolute Gasteiger partial charge is 0.466 e. The van der Waals surface area contributed by atoms with Crippen molar-refractivity contribution >= 4 is 11.9 Å². The van der Waals surface area contributed by atoms with E-state index in [1.165, 1.54) is 6.92 Å². The molecule has 0 aliphatic rings. The molecule has 0 unspecified atom stereocenters. The molecule has 0 aromatic carbocycles. The fraction of sp³-hybridized carbons (Fsp3) is 0.882. The monoisotopic (exact) mass is 496 g/mol. The molecular formula is C17H28F8O7. The average molecular weight is 496 g/mol. The van der Waals surface area contributed by atoms with Crippen molar-refractivity contribution < 1.29 is 68.4 Å². The number of halogens is 8. The van der Waals surface area contributed by atoms with Crippen LogP contribution in [-0.2, 0) is 33.3 Å². The van der Waals surface area contributed by atoms with Gasteiger partial charge < -0.3 is 18.9 Å². The molecule has 0 bridgehead atoms. The first-order valence-corrected chi connectivity index (χ1v) is 9.19. The number of hydrogen-bond acceptors (Lipinski definition) is 7. The Morgan fingerprint density at radius 3 is 1.59 bits per heavy atom. The van der Waals surface area contributed by atoms with Crippen molar-refractivity contribution in [1.29, 1.82) is 0 Å². The predicted molar refractivity (Wildman–Crippen MR) is 93.6 cm³/mol. The van der Waals surface area contributed by atoms with Gasteiger partial charge in [-0.1, -0.05) is 6.92 Å². The molecule has 0 fully saturated rings. The van der Waals surface area contributed by atoms with Gasteiger partial charge in [0.1, 0.15) is 6.61 Å². The Balaban J connectivity index is -0.000000442. The molecule has 0 aromatic heterocycles. The lowest BCUT2D eigenvalue weighted by Crippen LogP contribution is -2.35. The van der Waals surface area contributed by atoms with Gasteiger partial charge in [-0.3, -0.25) is 9.53 Å². The number of esters is 2. The Morgan fingerprint density at radius 1 is 0.719 bits per heavy atom. The van der Waals surface area contributed by atoms with Crippen molar-refractivity contribution in [3.05, 3.63) is 0 Å². The highest BCUT2D eigenvalue weighted by molar-refractivity contribution is 5.75. The Labute approximate surface area is 180 Å². The number of hydrogen-bond donors (Lipinski definition) is 0. The van der Waals surface area contributed by atoms with E-state index in [4.69, 9.17) is 0 Å². The van der Waals surface area contributed by atoms with Gasteiger partial charge in [-0.05, 0) is 20.8 Å². The number of alkyl halides is 8. The van der Waals surface area contributed by atoms with E-state index in [0.717, 1.165) is 0 Å². The summed E-state index contributed by atoms with van der Waals surface area (Å²) in [6, 6.07) is 0. The van der Waals surface area contributed by atoms with Crippen LogP contribution in [0.4, 0.5) is 35.1 Å². The SMILES string of the molecule is CCOC(=O)C(F)(F)OCOCC(F)(F)F.CCOC(=O)CC.CCOCCC(F)(F)F. The van der Waals surface area contributed by atoms with Crippen LogP contribution >= 0.6 is 0 Å². The van der Waals surface area contributed by atoms with Crippen LogP contribution in [0.1, 0.15) is 40.5 Å². The van der Waals surface area contributed by atoms with Crippen LogP contribution in [0.2, 0.25) is 0 Å². The van der Waals surface area contributed by atoms with Crippen molar-refractivity contribution in [2.24, 2.45) is 0 Å². The zero-order valence-corrected chi connectivity index (χ0v) is 18.0. The van der Waals surface area contributed by atoms with Crippen molar-refractivity contribution in [2.45, 2.75) is 59.0 Å². The molecule has 7 nitrogen and oxygen atoms in total. The summed E-state index contributed by atoms with van der Waals surface area (Å²) < 4.78 is 114. The summed E-state index contributed by atoms with van der Waals surface area (Å²) >= 11 is 0. The normalized spacial score (nSPS) is 11.5. The molecule has 0 N–H and O–H groups in total. The summed E-state index contributed by atoms with van der Waals surface area (Å²) in [4.78, 5) is 20.7. The fourth-order valence-corrected chi connectivity index (χ4v) is 1.14. The lowest BCUT2D eigenvalue weighted by atomic mass is 10.4. The summed E-state index contributed by atoms with van der Waals surface area (Å²) in [5, 5.41) is 0. The highest BCUT2D eigenvalue weighted by Gasteiger charge is 2.42. The molecule has 32 heavy (non-hydrogen) atoms. The van der Waals surface area contributed by atoms with E-state index in [2.05, 4.69) is 23.7 Å². The molecule has 194 valence electrons. The third-order valence-corrected chi connectivity index (χ3v) is 2.43. The molecule has 15 heteroatoms. The summed E-state index contributed by atoms with van der Waals surface area (Å²) in [5.41, 5.74) is 0. The third kappa shape index (κ3) is 28.3. The molecule has 0 amide bonds. The number of carbonyl (C=O) groups excluding carboxylic acids is 2. The maximum Gasteiger partial charge on any atom is 0.458 e. The summed E-state index contributed by atoms with van der Waals surface area (Å²) in [6.07, 6.45) is -13.4. The second-order valence-electron chi connectivity index (χ2n) is 5.18.